The molecule has 1 aliphatic heterocycles. The van der Waals surface area contributed by atoms with E-state index in [9.17, 15) is 5.11 Å². The van der Waals surface area contributed by atoms with Crippen LogP contribution in [0, 0.1) is 0 Å². The Morgan fingerprint density at radius 3 is 2.83 bits per heavy atom. The van der Waals surface area contributed by atoms with Gasteiger partial charge in [0.1, 0.15) is 12.2 Å². The van der Waals surface area contributed by atoms with Crippen LogP contribution >= 0.6 is 0 Å². The van der Waals surface area contributed by atoms with Crippen LogP contribution in [-0.4, -0.2) is 23.4 Å². The van der Waals surface area contributed by atoms with Gasteiger partial charge in [-0.05, 0) is 5.56 Å². The highest BCUT2D eigenvalue weighted by Crippen LogP contribution is 2.24. The van der Waals surface area contributed by atoms with E-state index in [4.69, 9.17) is 0 Å². The predicted molar refractivity (Wildman–Crippen MR) is 68.0 cm³/mol. The number of aliphatic hydroxyl groups excluding tert-OH is 1. The first kappa shape index (κ1) is 11.2. The van der Waals surface area contributed by atoms with Gasteiger partial charge in [0.25, 0.3) is 0 Å². The minimum Gasteiger partial charge on any atom is -0.359 e. The minimum atomic E-state index is -0.528. The quantitative estimate of drug-likeness (QED) is 0.796. The number of anilines is 1. The van der Waals surface area contributed by atoms with Crippen molar-refractivity contribution in [2.45, 2.75) is 18.7 Å². The van der Waals surface area contributed by atoms with E-state index < -0.39 is 6.23 Å². The van der Waals surface area contributed by atoms with E-state index in [1.54, 1.807) is 6.20 Å². The van der Waals surface area contributed by atoms with E-state index in [1.165, 1.54) is 5.56 Å². The second kappa shape index (κ2) is 4.38. The highest BCUT2D eigenvalue weighted by atomic mass is 16.3. The highest BCUT2D eigenvalue weighted by molar-refractivity contribution is 5.27. The van der Waals surface area contributed by atoms with Crippen molar-refractivity contribution in [1.82, 2.24) is 4.98 Å². The molecule has 1 aliphatic rings. The lowest BCUT2D eigenvalue weighted by atomic mass is 10.1. The third-order valence-corrected chi connectivity index (χ3v) is 3.46. The molecule has 92 valence electrons. The zero-order valence-corrected chi connectivity index (χ0v) is 10.3. The third kappa shape index (κ3) is 1.75. The van der Waals surface area contributed by atoms with E-state index in [2.05, 4.69) is 17.1 Å². The molecular formula is C14H16N3O+. The van der Waals surface area contributed by atoms with Crippen molar-refractivity contribution in [3.05, 3.63) is 54.4 Å². The summed E-state index contributed by atoms with van der Waals surface area (Å²) in [4.78, 5) is 6.12. The zero-order valence-electron chi connectivity index (χ0n) is 10.3. The first-order valence-electron chi connectivity index (χ1n) is 6.08. The molecule has 3 rings (SSSR count). The fourth-order valence-electron chi connectivity index (χ4n) is 2.49. The maximum Gasteiger partial charge on any atom is 0.396 e. The van der Waals surface area contributed by atoms with Crippen molar-refractivity contribution in [2.24, 2.45) is 0 Å². The number of hydrogen-bond acceptors (Lipinski definition) is 3. The lowest BCUT2D eigenvalue weighted by Crippen LogP contribution is -2.41. The van der Waals surface area contributed by atoms with Gasteiger partial charge in [-0.15, -0.1) is 0 Å². The summed E-state index contributed by atoms with van der Waals surface area (Å²) in [6, 6.07) is 12.1. The second-order valence-corrected chi connectivity index (χ2v) is 4.61. The fourth-order valence-corrected chi connectivity index (χ4v) is 2.49. The summed E-state index contributed by atoms with van der Waals surface area (Å²) in [6.45, 7) is 0. The lowest BCUT2D eigenvalue weighted by molar-refractivity contribution is -0.706. The molecule has 0 amide bonds. The molecule has 1 aromatic carbocycles. The molecule has 0 spiro atoms. The maximum atomic E-state index is 10.3. The number of fused-ring (bicyclic) bond motifs is 1. The number of likely N-dealkylation sites (N-methyl/N-ethyl adjacent to an activating group) is 1. The van der Waals surface area contributed by atoms with Crippen LogP contribution in [-0.2, 0) is 6.42 Å². The number of aliphatic hydroxyl groups is 1. The van der Waals surface area contributed by atoms with E-state index in [0.29, 0.717) is 0 Å². The van der Waals surface area contributed by atoms with Gasteiger partial charge < -0.3 is 5.11 Å². The SMILES string of the molecule is CN1c2nccc[n+]2C(Cc2ccccc2)C1O. The molecule has 2 heterocycles. The van der Waals surface area contributed by atoms with Gasteiger partial charge in [-0.3, -0.25) is 0 Å². The standard InChI is InChI=1S/C14H16N3O/c1-16-13(18)12(10-11-6-3-2-4-7-11)17-9-5-8-15-14(16)17/h2-9,12-13,18H,10H2,1H3/q+1. The molecule has 4 nitrogen and oxygen atoms in total. The Bertz CT molecular complexity index is 544. The molecule has 2 unspecified atom stereocenters. The number of benzene rings is 1. The van der Waals surface area contributed by atoms with E-state index in [1.807, 2.05) is 47.0 Å². The van der Waals surface area contributed by atoms with Gasteiger partial charge in [-0.2, -0.15) is 0 Å². The Hall–Kier alpha value is -1.94. The maximum absolute atomic E-state index is 10.3. The molecule has 2 aromatic rings. The molecule has 0 saturated heterocycles. The fraction of sp³-hybridized carbons (Fsp3) is 0.286. The van der Waals surface area contributed by atoms with Gasteiger partial charge in [0.05, 0.1) is 13.2 Å². The highest BCUT2D eigenvalue weighted by Gasteiger charge is 2.42. The number of rotatable bonds is 2. The van der Waals surface area contributed by atoms with Crippen LogP contribution in [0.1, 0.15) is 11.6 Å². The summed E-state index contributed by atoms with van der Waals surface area (Å²) in [7, 11) is 1.87. The van der Waals surface area contributed by atoms with Crippen LogP contribution in [0.4, 0.5) is 5.95 Å². The van der Waals surface area contributed by atoms with Gasteiger partial charge in [0.2, 0.25) is 6.23 Å². The Balaban J connectivity index is 1.93. The van der Waals surface area contributed by atoms with Crippen molar-refractivity contribution in [3.63, 3.8) is 0 Å². The molecule has 0 aliphatic carbocycles. The average Bonchev–Trinajstić information content (AvgIpc) is 2.66. The minimum absolute atomic E-state index is 0.0149. The van der Waals surface area contributed by atoms with Crippen molar-refractivity contribution >= 4 is 5.95 Å². The number of aromatic nitrogens is 2. The van der Waals surface area contributed by atoms with Gasteiger partial charge in [-0.1, -0.05) is 35.3 Å². The second-order valence-electron chi connectivity index (χ2n) is 4.61. The Kier molecular flexibility index (Phi) is 2.72. The molecule has 1 N–H and O–H groups in total. The smallest absolute Gasteiger partial charge is 0.359 e. The zero-order chi connectivity index (χ0) is 12.5. The third-order valence-electron chi connectivity index (χ3n) is 3.46. The molecule has 4 heteroatoms. The van der Waals surface area contributed by atoms with Crippen molar-refractivity contribution in [3.8, 4) is 0 Å². The van der Waals surface area contributed by atoms with Crippen LogP contribution in [0.15, 0.2) is 48.8 Å². The van der Waals surface area contributed by atoms with E-state index in [-0.39, 0.29) is 6.04 Å². The first-order chi connectivity index (χ1) is 8.77. The summed E-state index contributed by atoms with van der Waals surface area (Å²) in [5.41, 5.74) is 1.22. The Labute approximate surface area is 106 Å². The van der Waals surface area contributed by atoms with Crippen molar-refractivity contribution < 1.29 is 9.67 Å². The van der Waals surface area contributed by atoms with Gasteiger partial charge in [0, 0.05) is 12.5 Å². The number of hydrogen-bond donors (Lipinski definition) is 1. The molecule has 18 heavy (non-hydrogen) atoms. The van der Waals surface area contributed by atoms with Crippen LogP contribution in [0.2, 0.25) is 0 Å². The molecule has 0 fully saturated rings. The molecule has 1 aromatic heterocycles. The van der Waals surface area contributed by atoms with Crippen LogP contribution in [0.25, 0.3) is 0 Å². The summed E-state index contributed by atoms with van der Waals surface area (Å²) in [6.07, 6.45) is 4.00. The van der Waals surface area contributed by atoms with Crippen LogP contribution in [0.3, 0.4) is 0 Å². The normalized spacial score (nSPS) is 22.0. The van der Waals surface area contributed by atoms with Crippen LogP contribution < -0.4 is 9.47 Å². The molecule has 0 saturated carbocycles. The number of nitrogens with zero attached hydrogens (tertiary/aromatic N) is 3. The topological polar surface area (TPSA) is 40.2 Å². The molecular weight excluding hydrogens is 226 g/mol. The van der Waals surface area contributed by atoms with E-state index in [0.717, 1.165) is 12.4 Å². The summed E-state index contributed by atoms with van der Waals surface area (Å²) in [5, 5.41) is 10.3. The Morgan fingerprint density at radius 2 is 2.06 bits per heavy atom. The largest absolute Gasteiger partial charge is 0.396 e. The monoisotopic (exact) mass is 242 g/mol. The van der Waals surface area contributed by atoms with Crippen LogP contribution in [0.5, 0.6) is 0 Å². The first-order valence-corrected chi connectivity index (χ1v) is 6.08. The summed E-state index contributed by atoms with van der Waals surface area (Å²) in [5.74, 6) is 0.811. The van der Waals surface area contributed by atoms with Crippen molar-refractivity contribution in [2.75, 3.05) is 11.9 Å². The van der Waals surface area contributed by atoms with Gasteiger partial charge >= 0.3 is 5.95 Å². The van der Waals surface area contributed by atoms with E-state index >= 15 is 0 Å². The Morgan fingerprint density at radius 1 is 1.28 bits per heavy atom. The summed E-state index contributed by atoms with van der Waals surface area (Å²) < 4.78 is 2.04. The average molecular weight is 242 g/mol. The predicted octanol–water partition coefficient (Wildman–Crippen LogP) is 0.921. The van der Waals surface area contributed by atoms with Gasteiger partial charge in [0.15, 0.2) is 0 Å². The summed E-state index contributed by atoms with van der Waals surface area (Å²) >= 11 is 0. The molecule has 2 atom stereocenters. The van der Waals surface area contributed by atoms with Crippen molar-refractivity contribution in [1.29, 1.82) is 0 Å². The lowest BCUT2D eigenvalue weighted by Gasteiger charge is -2.14. The molecule has 0 bridgehead atoms. The van der Waals surface area contributed by atoms with Gasteiger partial charge in [-0.25, -0.2) is 9.47 Å². The molecule has 0 radical (unpaired) electrons.